The molecule has 0 bridgehead atoms. The molecule has 0 unspecified atom stereocenters. The first kappa shape index (κ1) is 17.7. The molecule has 0 aliphatic heterocycles. The lowest BCUT2D eigenvalue weighted by Crippen LogP contribution is -2.31. The van der Waals surface area contributed by atoms with Gasteiger partial charge in [0.2, 0.25) is 0 Å². The minimum Gasteiger partial charge on any atom is -0.347 e. The van der Waals surface area contributed by atoms with E-state index in [0.29, 0.717) is 25.2 Å². The van der Waals surface area contributed by atoms with Crippen LogP contribution in [0.25, 0.3) is 0 Å². The third-order valence-corrected chi connectivity index (χ3v) is 3.86. The van der Waals surface area contributed by atoms with E-state index < -0.39 is 0 Å². The highest BCUT2D eigenvalue weighted by atomic mass is 16.2. The first-order valence-corrected chi connectivity index (χ1v) is 8.14. The van der Waals surface area contributed by atoms with E-state index in [1.165, 1.54) is 11.8 Å². The van der Waals surface area contributed by atoms with Gasteiger partial charge in [0.25, 0.3) is 11.8 Å². The zero-order chi connectivity index (χ0) is 17.5. The highest BCUT2D eigenvalue weighted by Gasteiger charge is 2.15. The lowest BCUT2D eigenvalue weighted by atomic mass is 10.1. The fraction of sp³-hybridized carbons (Fsp3) is 0.316. The number of nitrogens with one attached hydrogen (secondary N) is 1. The van der Waals surface area contributed by atoms with Crippen LogP contribution in [0.15, 0.2) is 42.6 Å². The Labute approximate surface area is 142 Å². The maximum absolute atomic E-state index is 12.4. The summed E-state index contributed by atoms with van der Waals surface area (Å²) in [4.78, 5) is 30.4. The van der Waals surface area contributed by atoms with E-state index >= 15 is 0 Å². The predicted molar refractivity (Wildman–Crippen MR) is 93.8 cm³/mol. The van der Waals surface area contributed by atoms with Crippen LogP contribution < -0.4 is 5.32 Å². The molecule has 0 aliphatic carbocycles. The van der Waals surface area contributed by atoms with E-state index in [2.05, 4.69) is 10.3 Å². The first-order valence-electron chi connectivity index (χ1n) is 8.14. The lowest BCUT2D eigenvalue weighted by Gasteiger charge is -2.18. The van der Waals surface area contributed by atoms with Crippen molar-refractivity contribution in [3.63, 3.8) is 0 Å². The fourth-order valence-corrected chi connectivity index (χ4v) is 2.36. The average Bonchev–Trinajstić information content (AvgIpc) is 2.62. The number of aryl methyl sites for hydroxylation is 1. The maximum atomic E-state index is 12.4. The Morgan fingerprint density at radius 2 is 1.75 bits per heavy atom. The molecule has 5 nitrogen and oxygen atoms in total. The third kappa shape index (κ3) is 4.41. The zero-order valence-corrected chi connectivity index (χ0v) is 14.4. The maximum Gasteiger partial charge on any atom is 0.270 e. The van der Waals surface area contributed by atoms with Gasteiger partial charge >= 0.3 is 0 Å². The molecule has 2 aromatic rings. The molecule has 1 aromatic carbocycles. The van der Waals surface area contributed by atoms with Gasteiger partial charge < -0.3 is 10.2 Å². The van der Waals surface area contributed by atoms with Gasteiger partial charge in [-0.25, -0.2) is 0 Å². The number of rotatable bonds is 6. The molecule has 2 amide bonds. The van der Waals surface area contributed by atoms with Gasteiger partial charge in [-0.2, -0.15) is 0 Å². The van der Waals surface area contributed by atoms with Crippen LogP contribution in [0.1, 0.15) is 45.8 Å². The monoisotopic (exact) mass is 325 g/mol. The number of aromatic nitrogens is 1. The molecule has 0 aliphatic rings. The number of hydrogen-bond acceptors (Lipinski definition) is 3. The summed E-state index contributed by atoms with van der Waals surface area (Å²) in [5, 5.41) is 2.83. The minimum absolute atomic E-state index is 0.0880. The van der Waals surface area contributed by atoms with Gasteiger partial charge in [-0.15, -0.1) is 0 Å². The Kier molecular flexibility index (Phi) is 6.07. The summed E-state index contributed by atoms with van der Waals surface area (Å²) in [6, 6.07) is 11.1. The summed E-state index contributed by atoms with van der Waals surface area (Å²) in [5.74, 6) is -0.375. The van der Waals surface area contributed by atoms with Crippen molar-refractivity contribution >= 4 is 11.8 Å². The molecule has 0 saturated heterocycles. The van der Waals surface area contributed by atoms with Gasteiger partial charge in [0.1, 0.15) is 5.69 Å². The first-order chi connectivity index (χ1) is 11.5. The molecule has 1 heterocycles. The van der Waals surface area contributed by atoms with Gasteiger partial charge in [0, 0.05) is 31.4 Å². The minimum atomic E-state index is -0.287. The molecule has 5 heteroatoms. The van der Waals surface area contributed by atoms with E-state index in [-0.39, 0.29) is 17.5 Å². The van der Waals surface area contributed by atoms with Crippen molar-refractivity contribution in [3.05, 3.63) is 65.0 Å². The summed E-state index contributed by atoms with van der Waals surface area (Å²) in [7, 11) is 0. The molecule has 1 N–H and O–H groups in total. The summed E-state index contributed by atoms with van der Waals surface area (Å²) < 4.78 is 0. The van der Waals surface area contributed by atoms with Gasteiger partial charge in [0.15, 0.2) is 0 Å². The number of carbonyl (C=O) groups is 2. The predicted octanol–water partition coefficient (Wildman–Crippen LogP) is 2.80. The Balaban J connectivity index is 2.05. The van der Waals surface area contributed by atoms with Crippen LogP contribution in [0.3, 0.4) is 0 Å². The normalized spacial score (nSPS) is 10.3. The van der Waals surface area contributed by atoms with Gasteiger partial charge in [0.05, 0.1) is 0 Å². The summed E-state index contributed by atoms with van der Waals surface area (Å²) in [6.45, 7) is 7.56. The number of carbonyl (C=O) groups excluding carboxylic acids is 2. The van der Waals surface area contributed by atoms with Gasteiger partial charge in [-0.1, -0.05) is 29.8 Å². The molecule has 0 saturated carbocycles. The number of hydrogen-bond donors (Lipinski definition) is 1. The third-order valence-electron chi connectivity index (χ3n) is 3.86. The second-order valence-electron chi connectivity index (χ2n) is 5.58. The van der Waals surface area contributed by atoms with Crippen molar-refractivity contribution in [2.24, 2.45) is 0 Å². The number of benzene rings is 1. The highest BCUT2D eigenvalue weighted by molar-refractivity contribution is 5.98. The molecule has 1 aromatic heterocycles. The van der Waals surface area contributed by atoms with Crippen LogP contribution in [-0.2, 0) is 6.54 Å². The van der Waals surface area contributed by atoms with E-state index in [4.69, 9.17) is 0 Å². The molecule has 0 spiro atoms. The summed E-state index contributed by atoms with van der Waals surface area (Å²) in [6.07, 6.45) is 1.50. The van der Waals surface area contributed by atoms with Crippen LogP contribution in [0.2, 0.25) is 0 Å². The fourth-order valence-electron chi connectivity index (χ4n) is 2.36. The topological polar surface area (TPSA) is 62.3 Å². The van der Waals surface area contributed by atoms with E-state index in [1.54, 1.807) is 17.0 Å². The molecule has 126 valence electrons. The van der Waals surface area contributed by atoms with Crippen LogP contribution in [0.4, 0.5) is 0 Å². The SMILES string of the molecule is CCN(CC)C(=O)c1ccnc(C(=O)NCc2ccc(C)cc2)c1. The summed E-state index contributed by atoms with van der Waals surface area (Å²) >= 11 is 0. The summed E-state index contributed by atoms with van der Waals surface area (Å²) in [5.41, 5.74) is 2.92. The molecule has 0 atom stereocenters. The Morgan fingerprint density at radius 3 is 2.38 bits per heavy atom. The van der Waals surface area contributed by atoms with Gasteiger partial charge in [-0.3, -0.25) is 14.6 Å². The van der Waals surface area contributed by atoms with Crippen molar-refractivity contribution in [2.45, 2.75) is 27.3 Å². The van der Waals surface area contributed by atoms with Crippen LogP contribution in [0.5, 0.6) is 0 Å². The zero-order valence-electron chi connectivity index (χ0n) is 14.4. The van der Waals surface area contributed by atoms with Crippen molar-refractivity contribution in [1.29, 1.82) is 0 Å². The van der Waals surface area contributed by atoms with Crippen LogP contribution in [0, 0.1) is 6.92 Å². The Bertz CT molecular complexity index is 707. The van der Waals surface area contributed by atoms with Crippen molar-refractivity contribution < 1.29 is 9.59 Å². The second-order valence-corrected chi connectivity index (χ2v) is 5.58. The highest BCUT2D eigenvalue weighted by Crippen LogP contribution is 2.07. The molecule has 0 fully saturated rings. The molecule has 2 rings (SSSR count). The van der Waals surface area contributed by atoms with E-state index in [0.717, 1.165) is 5.56 Å². The molecular weight excluding hydrogens is 302 g/mol. The van der Waals surface area contributed by atoms with Crippen LogP contribution in [-0.4, -0.2) is 34.8 Å². The number of nitrogens with zero attached hydrogens (tertiary/aromatic N) is 2. The molecule has 24 heavy (non-hydrogen) atoms. The Hall–Kier alpha value is -2.69. The quantitative estimate of drug-likeness (QED) is 0.888. The average molecular weight is 325 g/mol. The molecular formula is C19H23N3O2. The van der Waals surface area contributed by atoms with Crippen LogP contribution >= 0.6 is 0 Å². The van der Waals surface area contributed by atoms with Gasteiger partial charge in [-0.05, 0) is 38.5 Å². The largest absolute Gasteiger partial charge is 0.347 e. The number of pyridine rings is 1. The Morgan fingerprint density at radius 1 is 1.08 bits per heavy atom. The van der Waals surface area contributed by atoms with Crippen molar-refractivity contribution in [1.82, 2.24) is 15.2 Å². The second kappa shape index (κ2) is 8.24. The van der Waals surface area contributed by atoms with E-state index in [9.17, 15) is 9.59 Å². The standard InChI is InChI=1S/C19H23N3O2/c1-4-22(5-2)19(24)16-10-11-20-17(12-16)18(23)21-13-15-8-6-14(3)7-9-15/h6-12H,4-5,13H2,1-3H3,(H,21,23). The number of amides is 2. The van der Waals surface area contributed by atoms with E-state index in [1.807, 2.05) is 45.0 Å². The van der Waals surface area contributed by atoms with Crippen molar-refractivity contribution in [2.75, 3.05) is 13.1 Å². The smallest absolute Gasteiger partial charge is 0.270 e. The van der Waals surface area contributed by atoms with Crippen molar-refractivity contribution in [3.8, 4) is 0 Å². The molecule has 0 radical (unpaired) electrons. The lowest BCUT2D eigenvalue weighted by molar-refractivity contribution is 0.0773.